The van der Waals surface area contributed by atoms with Gasteiger partial charge in [0.25, 0.3) is 0 Å². The second-order valence-corrected chi connectivity index (χ2v) is 2.33. The fourth-order valence-electron chi connectivity index (χ4n) is 0.895. The first-order valence-corrected chi connectivity index (χ1v) is 3.64. The summed E-state index contributed by atoms with van der Waals surface area (Å²) < 4.78 is 0. The molecule has 0 atom stereocenters. The van der Waals surface area contributed by atoms with Gasteiger partial charge in [-0.05, 0) is 12.1 Å². The van der Waals surface area contributed by atoms with E-state index in [0.717, 1.165) is 0 Å². The molecule has 4 nitrogen and oxygen atoms in total. The Labute approximate surface area is 71.0 Å². The molecule has 0 aliphatic rings. The molecule has 1 amide bonds. The van der Waals surface area contributed by atoms with Crippen molar-refractivity contribution >= 4 is 17.4 Å². The van der Waals surface area contributed by atoms with Crippen molar-refractivity contribution in [3.05, 3.63) is 18.3 Å². The van der Waals surface area contributed by atoms with Crippen molar-refractivity contribution in [2.75, 3.05) is 17.7 Å². The Hall–Kier alpha value is -1.58. The summed E-state index contributed by atoms with van der Waals surface area (Å²) in [5, 5.41) is 5.54. The van der Waals surface area contributed by atoms with E-state index in [1.54, 1.807) is 25.4 Å². The third-order valence-corrected chi connectivity index (χ3v) is 1.36. The molecule has 1 aromatic heterocycles. The highest BCUT2D eigenvalue weighted by atomic mass is 16.1. The smallest absolute Gasteiger partial charge is 0.221 e. The van der Waals surface area contributed by atoms with E-state index in [0.29, 0.717) is 11.5 Å². The van der Waals surface area contributed by atoms with Crippen molar-refractivity contribution in [3.8, 4) is 0 Å². The van der Waals surface area contributed by atoms with E-state index in [1.807, 2.05) is 0 Å². The van der Waals surface area contributed by atoms with E-state index in [2.05, 4.69) is 15.6 Å². The average molecular weight is 165 g/mol. The predicted octanol–water partition coefficient (Wildman–Crippen LogP) is 1.08. The molecule has 1 aromatic rings. The lowest BCUT2D eigenvalue weighted by atomic mass is 10.4. The first kappa shape index (κ1) is 8.52. The van der Waals surface area contributed by atoms with Crippen LogP contribution in [-0.2, 0) is 4.79 Å². The standard InChI is InChI=1S/C8H11N3O/c1-6(12)11-7-4-3-5-10-8(7)9-2/h3-5H,1-2H3,(H,9,10)(H,11,12). The summed E-state index contributed by atoms with van der Waals surface area (Å²) in [7, 11) is 1.76. The fraction of sp³-hybridized carbons (Fsp3) is 0.250. The van der Waals surface area contributed by atoms with Crippen LogP contribution in [0.25, 0.3) is 0 Å². The van der Waals surface area contributed by atoms with Gasteiger partial charge in [-0.25, -0.2) is 4.98 Å². The molecule has 0 bridgehead atoms. The molecular weight excluding hydrogens is 154 g/mol. The quantitative estimate of drug-likeness (QED) is 0.689. The minimum atomic E-state index is -0.0977. The molecule has 2 N–H and O–H groups in total. The first-order chi connectivity index (χ1) is 5.74. The van der Waals surface area contributed by atoms with Crippen molar-refractivity contribution in [1.82, 2.24) is 4.98 Å². The zero-order valence-corrected chi connectivity index (χ0v) is 7.09. The van der Waals surface area contributed by atoms with Crippen molar-refractivity contribution in [2.45, 2.75) is 6.92 Å². The Morgan fingerprint density at radius 3 is 2.92 bits per heavy atom. The van der Waals surface area contributed by atoms with Gasteiger partial charge in [0.15, 0.2) is 0 Å². The molecule has 0 aliphatic carbocycles. The van der Waals surface area contributed by atoms with E-state index < -0.39 is 0 Å². The maximum Gasteiger partial charge on any atom is 0.221 e. The summed E-state index contributed by atoms with van der Waals surface area (Å²) in [4.78, 5) is 14.7. The summed E-state index contributed by atoms with van der Waals surface area (Å²) in [6, 6.07) is 3.56. The lowest BCUT2D eigenvalue weighted by molar-refractivity contribution is -0.114. The van der Waals surface area contributed by atoms with Crippen LogP contribution in [0.1, 0.15) is 6.92 Å². The number of hydrogen-bond donors (Lipinski definition) is 2. The topological polar surface area (TPSA) is 54.0 Å². The Balaban J connectivity index is 2.89. The van der Waals surface area contributed by atoms with Crippen LogP contribution in [-0.4, -0.2) is 17.9 Å². The number of anilines is 2. The number of nitrogens with one attached hydrogen (secondary N) is 2. The molecule has 12 heavy (non-hydrogen) atoms. The van der Waals surface area contributed by atoms with Gasteiger partial charge < -0.3 is 10.6 Å². The Morgan fingerprint density at radius 2 is 2.33 bits per heavy atom. The lowest BCUT2D eigenvalue weighted by Crippen LogP contribution is -2.08. The maximum atomic E-state index is 10.7. The molecule has 0 aromatic carbocycles. The minimum Gasteiger partial charge on any atom is -0.371 e. The highest BCUT2D eigenvalue weighted by molar-refractivity contribution is 5.91. The zero-order chi connectivity index (χ0) is 8.97. The van der Waals surface area contributed by atoms with Crippen LogP contribution < -0.4 is 10.6 Å². The predicted molar refractivity (Wildman–Crippen MR) is 48.1 cm³/mol. The van der Waals surface area contributed by atoms with Crippen molar-refractivity contribution in [3.63, 3.8) is 0 Å². The van der Waals surface area contributed by atoms with Crippen LogP contribution in [0.4, 0.5) is 11.5 Å². The summed E-state index contributed by atoms with van der Waals surface area (Å²) >= 11 is 0. The third-order valence-electron chi connectivity index (χ3n) is 1.36. The van der Waals surface area contributed by atoms with Gasteiger partial charge in [-0.3, -0.25) is 4.79 Å². The van der Waals surface area contributed by atoms with Gasteiger partial charge in [-0.2, -0.15) is 0 Å². The van der Waals surface area contributed by atoms with Gasteiger partial charge in [0, 0.05) is 20.2 Å². The monoisotopic (exact) mass is 165 g/mol. The molecule has 64 valence electrons. The van der Waals surface area contributed by atoms with E-state index in [9.17, 15) is 4.79 Å². The average Bonchev–Trinajstić information content (AvgIpc) is 2.04. The number of amides is 1. The van der Waals surface area contributed by atoms with E-state index in [1.165, 1.54) is 6.92 Å². The van der Waals surface area contributed by atoms with Crippen LogP contribution in [0.3, 0.4) is 0 Å². The highest BCUT2D eigenvalue weighted by Gasteiger charge is 2.00. The van der Waals surface area contributed by atoms with E-state index in [-0.39, 0.29) is 5.91 Å². The van der Waals surface area contributed by atoms with Gasteiger partial charge in [-0.15, -0.1) is 0 Å². The number of carbonyl (C=O) groups excluding carboxylic acids is 1. The molecule has 0 fully saturated rings. The van der Waals surface area contributed by atoms with Crippen LogP contribution >= 0.6 is 0 Å². The van der Waals surface area contributed by atoms with Crippen LogP contribution in [0.2, 0.25) is 0 Å². The third kappa shape index (κ3) is 1.95. The van der Waals surface area contributed by atoms with Gasteiger partial charge in [0.05, 0.1) is 5.69 Å². The highest BCUT2D eigenvalue weighted by Crippen LogP contribution is 2.16. The van der Waals surface area contributed by atoms with Crippen LogP contribution in [0.15, 0.2) is 18.3 Å². The van der Waals surface area contributed by atoms with Crippen molar-refractivity contribution in [2.24, 2.45) is 0 Å². The second kappa shape index (κ2) is 3.71. The zero-order valence-electron chi connectivity index (χ0n) is 7.09. The molecular formula is C8H11N3O. The Morgan fingerprint density at radius 1 is 1.58 bits per heavy atom. The number of pyridine rings is 1. The molecule has 0 saturated carbocycles. The molecule has 0 saturated heterocycles. The number of carbonyl (C=O) groups is 1. The van der Waals surface area contributed by atoms with Gasteiger partial charge in [0.2, 0.25) is 5.91 Å². The van der Waals surface area contributed by atoms with Crippen molar-refractivity contribution < 1.29 is 4.79 Å². The largest absolute Gasteiger partial charge is 0.371 e. The van der Waals surface area contributed by atoms with Gasteiger partial charge >= 0.3 is 0 Å². The van der Waals surface area contributed by atoms with Crippen LogP contribution in [0.5, 0.6) is 0 Å². The number of rotatable bonds is 2. The minimum absolute atomic E-state index is 0.0977. The Bertz CT molecular complexity index is 285. The molecule has 1 rings (SSSR count). The summed E-state index contributed by atoms with van der Waals surface area (Å²) in [6.07, 6.45) is 1.66. The SMILES string of the molecule is CNc1ncccc1NC(C)=O. The first-order valence-electron chi connectivity index (χ1n) is 3.64. The maximum absolute atomic E-state index is 10.7. The Kier molecular flexibility index (Phi) is 2.63. The van der Waals surface area contributed by atoms with E-state index >= 15 is 0 Å². The number of hydrogen-bond acceptors (Lipinski definition) is 3. The number of nitrogens with zero attached hydrogens (tertiary/aromatic N) is 1. The molecule has 0 radical (unpaired) electrons. The second-order valence-electron chi connectivity index (χ2n) is 2.33. The van der Waals surface area contributed by atoms with Crippen molar-refractivity contribution in [1.29, 1.82) is 0 Å². The van der Waals surface area contributed by atoms with Gasteiger partial charge in [0.1, 0.15) is 5.82 Å². The van der Waals surface area contributed by atoms with Crippen LogP contribution in [0, 0.1) is 0 Å². The lowest BCUT2D eigenvalue weighted by Gasteiger charge is -2.06. The number of aromatic nitrogens is 1. The molecule has 1 heterocycles. The normalized spacial score (nSPS) is 9.17. The van der Waals surface area contributed by atoms with Gasteiger partial charge in [-0.1, -0.05) is 0 Å². The molecule has 0 aliphatic heterocycles. The fourth-order valence-corrected chi connectivity index (χ4v) is 0.895. The molecule has 0 spiro atoms. The molecule has 4 heteroatoms. The summed E-state index contributed by atoms with van der Waals surface area (Å²) in [6.45, 7) is 1.46. The summed E-state index contributed by atoms with van der Waals surface area (Å²) in [5.74, 6) is 0.576. The molecule has 0 unspecified atom stereocenters. The van der Waals surface area contributed by atoms with E-state index in [4.69, 9.17) is 0 Å². The summed E-state index contributed by atoms with van der Waals surface area (Å²) in [5.41, 5.74) is 0.701.